The van der Waals surface area contributed by atoms with E-state index < -0.39 is 0 Å². The van der Waals surface area contributed by atoms with Crippen LogP contribution in [0.5, 0.6) is 0 Å². The summed E-state index contributed by atoms with van der Waals surface area (Å²) in [7, 11) is 0. The second-order valence-electron chi connectivity index (χ2n) is 2.11. The van der Waals surface area contributed by atoms with Gasteiger partial charge >= 0.3 is 0 Å². The van der Waals surface area contributed by atoms with Crippen LogP contribution < -0.4 is 0 Å². The van der Waals surface area contributed by atoms with Gasteiger partial charge in [0.25, 0.3) is 0 Å². The van der Waals surface area contributed by atoms with Gasteiger partial charge < -0.3 is 0 Å². The van der Waals surface area contributed by atoms with Crippen molar-refractivity contribution in [2.45, 2.75) is 0 Å². The monoisotopic (exact) mass is 241 g/mol. The Kier molecular flexibility index (Phi) is 2.14. The van der Waals surface area contributed by atoms with Gasteiger partial charge in [0.15, 0.2) is 0 Å². The van der Waals surface area contributed by atoms with Gasteiger partial charge in [0, 0.05) is 11.8 Å². The Morgan fingerprint density at radius 3 is 2.83 bits per heavy atom. The average molecular weight is 242 g/mol. The summed E-state index contributed by atoms with van der Waals surface area (Å²) in [6.45, 7) is 0. The normalized spacial score (nSPS) is 10.1. The third kappa shape index (κ3) is 1.51. The molecular weight excluding hydrogens is 238 g/mol. The standard InChI is InChI=1S/C7H4BrN3S/c8-6-2-1-5(3-9-6)7-11-10-4-12-7/h1-4H. The van der Waals surface area contributed by atoms with E-state index in [-0.39, 0.29) is 0 Å². The largest absolute Gasteiger partial charge is 0.249 e. The molecule has 0 aliphatic carbocycles. The first-order valence-corrected chi connectivity index (χ1v) is 4.91. The summed E-state index contributed by atoms with van der Waals surface area (Å²) in [5.41, 5.74) is 2.71. The molecule has 2 heterocycles. The van der Waals surface area contributed by atoms with E-state index in [9.17, 15) is 0 Å². The van der Waals surface area contributed by atoms with Crippen molar-refractivity contribution in [1.29, 1.82) is 0 Å². The Labute approximate surface area is 81.6 Å². The molecule has 0 bridgehead atoms. The molecule has 2 aromatic heterocycles. The van der Waals surface area contributed by atoms with E-state index in [0.29, 0.717) is 0 Å². The fraction of sp³-hybridized carbons (Fsp3) is 0. The summed E-state index contributed by atoms with van der Waals surface area (Å²) in [4.78, 5) is 4.09. The Morgan fingerprint density at radius 2 is 2.25 bits per heavy atom. The Hall–Kier alpha value is -0.810. The number of halogens is 1. The van der Waals surface area contributed by atoms with E-state index in [0.717, 1.165) is 15.2 Å². The summed E-state index contributed by atoms with van der Waals surface area (Å²) in [5, 5.41) is 8.58. The predicted octanol–water partition coefficient (Wildman–Crippen LogP) is 2.36. The van der Waals surface area contributed by atoms with Gasteiger partial charge in [0.05, 0.1) is 0 Å². The molecule has 0 amide bonds. The third-order valence-corrected chi connectivity index (χ3v) is 2.54. The van der Waals surface area contributed by atoms with Crippen molar-refractivity contribution in [3.8, 4) is 10.6 Å². The van der Waals surface area contributed by atoms with E-state index >= 15 is 0 Å². The van der Waals surface area contributed by atoms with E-state index in [1.807, 2.05) is 12.1 Å². The molecule has 0 saturated heterocycles. The van der Waals surface area contributed by atoms with Crippen molar-refractivity contribution >= 4 is 27.3 Å². The Balaban J connectivity index is 2.43. The minimum Gasteiger partial charge on any atom is -0.249 e. The van der Waals surface area contributed by atoms with E-state index in [4.69, 9.17) is 0 Å². The number of pyridine rings is 1. The summed E-state index contributed by atoms with van der Waals surface area (Å²) < 4.78 is 0.829. The quantitative estimate of drug-likeness (QED) is 0.720. The molecule has 0 aliphatic heterocycles. The molecule has 0 radical (unpaired) electrons. The molecule has 0 fully saturated rings. The van der Waals surface area contributed by atoms with Crippen LogP contribution in [0.1, 0.15) is 0 Å². The highest BCUT2D eigenvalue weighted by Gasteiger charge is 2.00. The zero-order valence-electron chi connectivity index (χ0n) is 5.94. The molecule has 0 atom stereocenters. The molecule has 0 aliphatic rings. The summed E-state index contributed by atoms with van der Waals surface area (Å²) >= 11 is 4.77. The number of rotatable bonds is 1. The maximum absolute atomic E-state index is 4.09. The maximum atomic E-state index is 4.09. The van der Waals surface area contributed by atoms with Crippen LogP contribution in [-0.2, 0) is 0 Å². The van der Waals surface area contributed by atoms with Crippen LogP contribution in [0.4, 0.5) is 0 Å². The molecule has 0 saturated carbocycles. The first-order valence-electron chi connectivity index (χ1n) is 3.24. The van der Waals surface area contributed by atoms with Crippen molar-refractivity contribution in [2.75, 3.05) is 0 Å². The zero-order valence-corrected chi connectivity index (χ0v) is 8.34. The fourth-order valence-electron chi connectivity index (χ4n) is 0.801. The van der Waals surface area contributed by atoms with Crippen LogP contribution in [0.2, 0.25) is 0 Å². The minimum absolute atomic E-state index is 0.829. The number of aromatic nitrogens is 3. The van der Waals surface area contributed by atoms with Gasteiger partial charge in [-0.1, -0.05) is 11.3 Å². The van der Waals surface area contributed by atoms with Crippen LogP contribution in [0, 0.1) is 0 Å². The SMILES string of the molecule is Brc1ccc(-c2nncs2)cn1. The van der Waals surface area contributed by atoms with Gasteiger partial charge in [-0.15, -0.1) is 10.2 Å². The molecule has 12 heavy (non-hydrogen) atoms. The van der Waals surface area contributed by atoms with Gasteiger partial charge in [0.2, 0.25) is 0 Å². The first kappa shape index (κ1) is 7.82. The van der Waals surface area contributed by atoms with Gasteiger partial charge in [-0.05, 0) is 28.1 Å². The summed E-state index contributed by atoms with van der Waals surface area (Å²) in [6.07, 6.45) is 1.77. The smallest absolute Gasteiger partial charge is 0.149 e. The second kappa shape index (κ2) is 3.28. The lowest BCUT2D eigenvalue weighted by Gasteiger charge is -1.92. The molecule has 5 heteroatoms. The lowest BCUT2D eigenvalue weighted by atomic mass is 10.3. The molecule has 3 nitrogen and oxygen atoms in total. The van der Waals surface area contributed by atoms with Crippen molar-refractivity contribution in [3.05, 3.63) is 28.4 Å². The Bertz CT molecular complexity index is 357. The van der Waals surface area contributed by atoms with Gasteiger partial charge in [-0.3, -0.25) is 0 Å². The molecule has 0 spiro atoms. The van der Waals surface area contributed by atoms with Crippen molar-refractivity contribution in [3.63, 3.8) is 0 Å². The van der Waals surface area contributed by atoms with Gasteiger partial charge in [-0.25, -0.2) is 4.98 Å². The molecule has 60 valence electrons. The first-order chi connectivity index (χ1) is 5.86. The van der Waals surface area contributed by atoms with Crippen LogP contribution in [-0.4, -0.2) is 15.2 Å². The molecule has 0 aromatic carbocycles. The zero-order chi connectivity index (χ0) is 8.39. The van der Waals surface area contributed by atoms with Crippen LogP contribution in [0.3, 0.4) is 0 Å². The summed E-state index contributed by atoms with van der Waals surface area (Å²) in [5.74, 6) is 0. The average Bonchev–Trinajstić information content (AvgIpc) is 2.58. The van der Waals surface area contributed by atoms with Gasteiger partial charge in [0.1, 0.15) is 15.1 Å². The van der Waals surface area contributed by atoms with E-state index in [1.54, 1.807) is 11.7 Å². The summed E-state index contributed by atoms with van der Waals surface area (Å²) in [6, 6.07) is 3.84. The number of hydrogen-bond acceptors (Lipinski definition) is 4. The number of nitrogens with zero attached hydrogens (tertiary/aromatic N) is 3. The van der Waals surface area contributed by atoms with Crippen LogP contribution >= 0.6 is 27.3 Å². The maximum Gasteiger partial charge on any atom is 0.149 e. The van der Waals surface area contributed by atoms with E-state index in [1.165, 1.54) is 11.3 Å². The van der Waals surface area contributed by atoms with Crippen molar-refractivity contribution in [1.82, 2.24) is 15.2 Å². The topological polar surface area (TPSA) is 38.7 Å². The highest BCUT2D eigenvalue weighted by Crippen LogP contribution is 2.20. The molecule has 0 unspecified atom stereocenters. The van der Waals surface area contributed by atoms with Crippen molar-refractivity contribution < 1.29 is 0 Å². The highest BCUT2D eigenvalue weighted by atomic mass is 79.9. The molecular formula is C7H4BrN3S. The van der Waals surface area contributed by atoms with E-state index in [2.05, 4.69) is 31.1 Å². The third-order valence-electron chi connectivity index (χ3n) is 1.33. The lowest BCUT2D eigenvalue weighted by Crippen LogP contribution is -1.79. The molecule has 0 N–H and O–H groups in total. The predicted molar refractivity (Wildman–Crippen MR) is 50.8 cm³/mol. The highest BCUT2D eigenvalue weighted by molar-refractivity contribution is 9.10. The second-order valence-corrected chi connectivity index (χ2v) is 3.76. The molecule has 2 rings (SSSR count). The van der Waals surface area contributed by atoms with Crippen molar-refractivity contribution in [2.24, 2.45) is 0 Å². The van der Waals surface area contributed by atoms with Crippen LogP contribution in [0.15, 0.2) is 28.4 Å². The lowest BCUT2D eigenvalue weighted by molar-refractivity contribution is 1.09. The Morgan fingerprint density at radius 1 is 1.33 bits per heavy atom. The number of hydrogen-bond donors (Lipinski definition) is 0. The fourth-order valence-corrected chi connectivity index (χ4v) is 1.58. The van der Waals surface area contributed by atoms with Gasteiger partial charge in [-0.2, -0.15) is 0 Å². The van der Waals surface area contributed by atoms with Crippen LogP contribution in [0.25, 0.3) is 10.6 Å². The minimum atomic E-state index is 0.829. The molecule has 2 aromatic rings.